The number of carboxylic acids is 1. The Balaban J connectivity index is 1.71. The van der Waals surface area contributed by atoms with Gasteiger partial charge in [-0.1, -0.05) is 36.4 Å². The maximum Gasteiger partial charge on any atom is 0.316 e. The largest absolute Gasteiger partial charge is 0.481 e. The predicted octanol–water partition coefficient (Wildman–Crippen LogP) is 1.65. The van der Waals surface area contributed by atoms with Gasteiger partial charge in [0.2, 0.25) is 0 Å². The molecule has 3 atom stereocenters. The van der Waals surface area contributed by atoms with Crippen LogP contribution < -0.4 is 0 Å². The van der Waals surface area contributed by atoms with Crippen molar-refractivity contribution in [2.24, 2.45) is 10.4 Å². The van der Waals surface area contributed by atoms with Crippen molar-refractivity contribution in [3.05, 3.63) is 48.6 Å². The number of hydrogen-bond donors (Lipinski definition) is 1. The Kier molecular flexibility index (Phi) is 3.78. The molecule has 0 radical (unpaired) electrons. The molecule has 0 saturated carbocycles. The van der Waals surface area contributed by atoms with Crippen molar-refractivity contribution in [3.8, 4) is 0 Å². The van der Waals surface area contributed by atoms with E-state index < -0.39 is 17.4 Å². The summed E-state index contributed by atoms with van der Waals surface area (Å²) in [6.07, 6.45) is 3.14. The van der Waals surface area contributed by atoms with Gasteiger partial charge in [-0.2, -0.15) is 0 Å². The second kappa shape index (κ2) is 5.61. The first-order chi connectivity index (χ1) is 10.6. The van der Waals surface area contributed by atoms with Crippen LogP contribution in [0.4, 0.5) is 0 Å². The Morgan fingerprint density at radius 1 is 1.45 bits per heavy atom. The van der Waals surface area contributed by atoms with E-state index in [0.29, 0.717) is 5.75 Å². The number of β-lactam (4-membered cyclic amide) rings is 1. The molecule has 2 unspecified atom stereocenters. The van der Waals surface area contributed by atoms with Crippen LogP contribution >= 0.6 is 11.8 Å². The molecule has 0 aromatic heterocycles. The van der Waals surface area contributed by atoms with Gasteiger partial charge >= 0.3 is 5.97 Å². The van der Waals surface area contributed by atoms with Gasteiger partial charge in [0.25, 0.3) is 5.91 Å². The van der Waals surface area contributed by atoms with Crippen LogP contribution in [0.5, 0.6) is 0 Å². The number of amides is 1. The molecular formula is C16H16N2O3S. The minimum atomic E-state index is -1.05. The summed E-state index contributed by atoms with van der Waals surface area (Å²) < 4.78 is 0. The molecule has 0 spiro atoms. The number of aliphatic carboxylic acids is 1. The molecule has 2 aliphatic rings. The van der Waals surface area contributed by atoms with Crippen molar-refractivity contribution >= 4 is 29.9 Å². The average Bonchev–Trinajstić information content (AvgIpc) is 2.55. The van der Waals surface area contributed by atoms with Gasteiger partial charge in [0, 0.05) is 18.5 Å². The van der Waals surface area contributed by atoms with Gasteiger partial charge < -0.3 is 10.0 Å². The van der Waals surface area contributed by atoms with Crippen LogP contribution in [0.3, 0.4) is 0 Å². The van der Waals surface area contributed by atoms with Gasteiger partial charge in [-0.05, 0) is 5.56 Å². The smallest absolute Gasteiger partial charge is 0.316 e. The van der Waals surface area contributed by atoms with Crippen LogP contribution in [-0.2, 0) is 9.59 Å². The van der Waals surface area contributed by atoms with Gasteiger partial charge in [0.1, 0.15) is 10.8 Å². The van der Waals surface area contributed by atoms with Crippen LogP contribution in [0.25, 0.3) is 0 Å². The molecule has 6 heteroatoms. The Morgan fingerprint density at radius 3 is 2.82 bits per heavy atom. The summed E-state index contributed by atoms with van der Waals surface area (Å²) in [5, 5.41) is 9.30. The molecule has 1 N–H and O–H groups in total. The van der Waals surface area contributed by atoms with Crippen LogP contribution in [0.15, 0.2) is 48.0 Å². The number of carbonyl (C=O) groups is 2. The molecule has 5 nitrogen and oxygen atoms in total. The molecule has 1 amide bonds. The fraction of sp³-hybridized carbons (Fsp3) is 0.312. The van der Waals surface area contributed by atoms with E-state index in [4.69, 9.17) is 0 Å². The van der Waals surface area contributed by atoms with E-state index in [1.54, 1.807) is 11.1 Å². The Morgan fingerprint density at radius 2 is 2.18 bits per heavy atom. The fourth-order valence-electron chi connectivity index (χ4n) is 2.62. The molecule has 0 bridgehead atoms. The number of hydrogen-bond acceptors (Lipinski definition) is 4. The maximum absolute atomic E-state index is 12.2. The monoisotopic (exact) mass is 316 g/mol. The van der Waals surface area contributed by atoms with Gasteiger partial charge in [0.05, 0.1) is 0 Å². The van der Waals surface area contributed by atoms with Gasteiger partial charge in [-0.25, -0.2) is 0 Å². The Labute approximate surface area is 132 Å². The number of benzene rings is 1. The molecule has 0 aliphatic carbocycles. The molecule has 22 heavy (non-hydrogen) atoms. The van der Waals surface area contributed by atoms with E-state index >= 15 is 0 Å². The highest BCUT2D eigenvalue weighted by atomic mass is 32.2. The Bertz CT molecular complexity index is 646. The number of nitrogens with zero attached hydrogens (tertiary/aromatic N) is 2. The third-order valence-electron chi connectivity index (χ3n) is 4.08. The highest BCUT2D eigenvalue weighted by Crippen LogP contribution is 2.43. The topological polar surface area (TPSA) is 70.0 Å². The third kappa shape index (κ3) is 2.33. The first-order valence-corrected chi connectivity index (χ1v) is 7.99. The van der Waals surface area contributed by atoms with Crippen LogP contribution in [0, 0.1) is 5.41 Å². The molecule has 2 heterocycles. The van der Waals surface area contributed by atoms with Gasteiger partial charge in [-0.3, -0.25) is 14.6 Å². The number of carbonyl (C=O) groups excluding carboxylic acids is 1. The summed E-state index contributed by atoms with van der Waals surface area (Å²) in [6, 6.07) is 9.18. The van der Waals surface area contributed by atoms with Crippen LogP contribution in [0.2, 0.25) is 0 Å². The minimum Gasteiger partial charge on any atom is -0.481 e. The Hall–Kier alpha value is -2.08. The molecule has 2 saturated heterocycles. The summed E-state index contributed by atoms with van der Waals surface area (Å²) in [5.41, 5.74) is -0.106. The summed E-state index contributed by atoms with van der Waals surface area (Å²) in [7, 11) is 0. The molecule has 1 aromatic rings. The molecular weight excluding hydrogens is 300 g/mol. The molecule has 2 fully saturated rings. The van der Waals surface area contributed by atoms with Crippen molar-refractivity contribution in [1.82, 2.24) is 4.90 Å². The van der Waals surface area contributed by atoms with Crippen molar-refractivity contribution < 1.29 is 14.7 Å². The molecule has 114 valence electrons. The van der Waals surface area contributed by atoms with E-state index in [2.05, 4.69) is 11.6 Å². The van der Waals surface area contributed by atoms with Crippen molar-refractivity contribution in [3.63, 3.8) is 0 Å². The second-order valence-corrected chi connectivity index (χ2v) is 6.57. The quantitative estimate of drug-likeness (QED) is 0.521. The first kappa shape index (κ1) is 14.8. The highest BCUT2D eigenvalue weighted by Gasteiger charge is 2.56. The second-order valence-electron chi connectivity index (χ2n) is 5.47. The summed E-state index contributed by atoms with van der Waals surface area (Å²) in [6.45, 7) is 3.80. The van der Waals surface area contributed by atoms with Crippen LogP contribution in [0.1, 0.15) is 5.56 Å². The zero-order valence-electron chi connectivity index (χ0n) is 11.9. The highest BCUT2D eigenvalue weighted by molar-refractivity contribution is 8.00. The van der Waals surface area contributed by atoms with E-state index in [9.17, 15) is 14.7 Å². The van der Waals surface area contributed by atoms with E-state index in [1.807, 2.05) is 30.3 Å². The zero-order valence-corrected chi connectivity index (χ0v) is 12.7. The standard InChI is InChI=1S/C16H16N2O3S/c1-2-16(15(20)21)9-18-13(19)12(14(18)22-10-16)17-8-11-6-4-3-5-7-11/h2-8,12,14H,1,9-10H2,(H,20,21)/t12?,14-,16?/m1/s1. The van der Waals surface area contributed by atoms with Crippen molar-refractivity contribution in [2.45, 2.75) is 11.4 Å². The predicted molar refractivity (Wildman–Crippen MR) is 86.0 cm³/mol. The lowest BCUT2D eigenvalue weighted by atomic mass is 9.87. The zero-order chi connectivity index (χ0) is 15.7. The van der Waals surface area contributed by atoms with Gasteiger partial charge in [0.15, 0.2) is 6.04 Å². The maximum atomic E-state index is 12.2. The van der Waals surface area contributed by atoms with Crippen molar-refractivity contribution in [1.29, 1.82) is 0 Å². The lowest BCUT2D eigenvalue weighted by molar-refractivity contribution is -0.153. The summed E-state index contributed by atoms with van der Waals surface area (Å²) in [5.74, 6) is -0.633. The van der Waals surface area contributed by atoms with Crippen LogP contribution in [-0.4, -0.2) is 51.8 Å². The first-order valence-electron chi connectivity index (χ1n) is 6.95. The average molecular weight is 316 g/mol. The van der Waals surface area contributed by atoms with E-state index in [1.165, 1.54) is 17.8 Å². The molecule has 3 rings (SSSR count). The molecule has 1 aromatic carbocycles. The number of fused-ring (bicyclic) bond motifs is 1. The lowest BCUT2D eigenvalue weighted by Crippen LogP contribution is -2.68. The van der Waals surface area contributed by atoms with Crippen molar-refractivity contribution in [2.75, 3.05) is 12.3 Å². The SMILES string of the molecule is C=CC1(C(=O)O)CS[C@@H]2C(N=Cc3ccccc3)C(=O)N2C1. The fourth-order valence-corrected chi connectivity index (χ4v) is 4.15. The minimum absolute atomic E-state index is 0.0695. The van der Waals surface area contributed by atoms with Gasteiger partial charge in [-0.15, -0.1) is 18.3 Å². The van der Waals surface area contributed by atoms with E-state index in [-0.39, 0.29) is 17.8 Å². The van der Waals surface area contributed by atoms with E-state index in [0.717, 1.165) is 5.56 Å². The lowest BCUT2D eigenvalue weighted by Gasteiger charge is -2.51. The number of rotatable bonds is 4. The summed E-state index contributed by atoms with van der Waals surface area (Å²) in [4.78, 5) is 29.6. The number of carboxylic acid groups (broad SMARTS) is 1. The summed E-state index contributed by atoms with van der Waals surface area (Å²) >= 11 is 1.46. The molecule has 2 aliphatic heterocycles. The normalized spacial score (nSPS) is 30.7. The number of aliphatic imine (C=N–C) groups is 1. The number of thioether (sulfide) groups is 1. The third-order valence-corrected chi connectivity index (χ3v) is 5.61.